The summed E-state index contributed by atoms with van der Waals surface area (Å²) in [7, 11) is 0. The quantitative estimate of drug-likeness (QED) is 0.877. The van der Waals surface area contributed by atoms with E-state index in [4.69, 9.17) is 10.5 Å². The first kappa shape index (κ1) is 15.3. The van der Waals surface area contributed by atoms with Crippen molar-refractivity contribution in [3.63, 3.8) is 0 Å². The number of amides is 1. The van der Waals surface area contributed by atoms with Gasteiger partial charge in [0.05, 0.1) is 6.61 Å². The number of nitrogens with one attached hydrogen (secondary N) is 1. The number of nitrogens with two attached hydrogens (primary N) is 1. The third-order valence-corrected chi connectivity index (χ3v) is 3.69. The molecule has 0 atom stereocenters. The molecule has 2 heterocycles. The zero-order chi connectivity index (χ0) is 15.2. The maximum Gasteiger partial charge on any atom is 0.409 e. The lowest BCUT2D eigenvalue weighted by atomic mass is 10.0. The minimum atomic E-state index is -0.225. The molecule has 0 spiro atoms. The summed E-state index contributed by atoms with van der Waals surface area (Å²) in [5, 5.41) is 3.42. The summed E-state index contributed by atoms with van der Waals surface area (Å²) in [4.78, 5) is 21.7. The van der Waals surface area contributed by atoms with Crippen molar-refractivity contribution < 1.29 is 9.53 Å². The molecule has 1 aliphatic rings. The minimum absolute atomic E-state index is 0.225. The Morgan fingerprint density at radius 3 is 2.76 bits per heavy atom. The van der Waals surface area contributed by atoms with Crippen LogP contribution in [0.2, 0.25) is 0 Å². The van der Waals surface area contributed by atoms with E-state index in [1.807, 2.05) is 13.8 Å². The Labute approximate surface area is 124 Å². The molecule has 0 aliphatic carbocycles. The van der Waals surface area contributed by atoms with Crippen LogP contribution in [0.4, 0.5) is 16.4 Å². The van der Waals surface area contributed by atoms with Gasteiger partial charge in [0, 0.05) is 24.7 Å². The van der Waals surface area contributed by atoms with Crippen LogP contribution in [0.3, 0.4) is 0 Å². The van der Waals surface area contributed by atoms with Crippen LogP contribution in [-0.4, -0.2) is 46.7 Å². The van der Waals surface area contributed by atoms with Gasteiger partial charge in [0.25, 0.3) is 0 Å². The van der Waals surface area contributed by atoms with Gasteiger partial charge in [-0.1, -0.05) is 6.92 Å². The summed E-state index contributed by atoms with van der Waals surface area (Å²) in [6.07, 6.45) is 3.77. The molecule has 1 fully saturated rings. The van der Waals surface area contributed by atoms with Gasteiger partial charge >= 0.3 is 6.09 Å². The zero-order valence-electron chi connectivity index (χ0n) is 12.6. The third kappa shape index (κ3) is 3.74. The molecule has 1 aromatic heterocycles. The highest BCUT2D eigenvalue weighted by Crippen LogP contribution is 2.21. The number of nitrogen functional groups attached to an aromatic ring is 1. The second-order valence-corrected chi connectivity index (χ2v) is 5.04. The second-order valence-electron chi connectivity index (χ2n) is 5.04. The summed E-state index contributed by atoms with van der Waals surface area (Å²) in [6.45, 7) is 5.65. The Kier molecular flexibility index (Phi) is 5.19. The number of hydrogen-bond acceptors (Lipinski definition) is 6. The van der Waals surface area contributed by atoms with E-state index in [0.717, 1.165) is 30.6 Å². The molecule has 2 rings (SSSR count). The van der Waals surface area contributed by atoms with Gasteiger partial charge in [-0.25, -0.2) is 14.8 Å². The number of rotatable bonds is 4. The number of ether oxygens (including phenoxy) is 1. The smallest absolute Gasteiger partial charge is 0.409 e. The van der Waals surface area contributed by atoms with Gasteiger partial charge in [0.2, 0.25) is 0 Å². The Morgan fingerprint density at radius 1 is 1.43 bits per heavy atom. The minimum Gasteiger partial charge on any atom is -0.450 e. The molecule has 1 aliphatic heterocycles. The van der Waals surface area contributed by atoms with Crippen LogP contribution in [0.25, 0.3) is 0 Å². The van der Waals surface area contributed by atoms with Crippen molar-refractivity contribution in [2.45, 2.75) is 39.2 Å². The van der Waals surface area contributed by atoms with Crippen molar-refractivity contribution in [3.8, 4) is 0 Å². The molecule has 1 saturated heterocycles. The van der Waals surface area contributed by atoms with Gasteiger partial charge in [-0.15, -0.1) is 0 Å². The molecule has 0 saturated carbocycles. The molecule has 7 nitrogen and oxygen atoms in total. The SMILES string of the molecule is CCOC(=O)N1CCC(Nc2ncnc(N)c2CC)CC1. The van der Waals surface area contributed by atoms with Crippen molar-refractivity contribution >= 4 is 17.7 Å². The lowest BCUT2D eigenvalue weighted by molar-refractivity contribution is 0.0983. The molecule has 116 valence electrons. The number of piperidine rings is 1. The van der Waals surface area contributed by atoms with Crippen molar-refractivity contribution in [1.29, 1.82) is 0 Å². The summed E-state index contributed by atoms with van der Waals surface area (Å²) in [5.74, 6) is 1.33. The Bertz CT molecular complexity index is 486. The van der Waals surface area contributed by atoms with Crippen molar-refractivity contribution in [2.75, 3.05) is 30.7 Å². The number of likely N-dealkylation sites (tertiary alicyclic amines) is 1. The van der Waals surface area contributed by atoms with Crippen LogP contribution in [0.15, 0.2) is 6.33 Å². The first-order valence-electron chi connectivity index (χ1n) is 7.43. The summed E-state index contributed by atoms with van der Waals surface area (Å²) < 4.78 is 5.02. The van der Waals surface area contributed by atoms with E-state index in [9.17, 15) is 4.79 Å². The van der Waals surface area contributed by atoms with Crippen LogP contribution < -0.4 is 11.1 Å². The molecule has 1 amide bonds. The summed E-state index contributed by atoms with van der Waals surface area (Å²) >= 11 is 0. The van der Waals surface area contributed by atoms with E-state index < -0.39 is 0 Å². The summed E-state index contributed by atoms with van der Waals surface area (Å²) in [5.41, 5.74) is 6.82. The van der Waals surface area contributed by atoms with Crippen molar-refractivity contribution in [1.82, 2.24) is 14.9 Å². The standard InChI is InChI=1S/C14H23N5O2/c1-3-11-12(15)16-9-17-13(11)18-10-5-7-19(8-6-10)14(20)21-4-2/h9-10H,3-8H2,1-2H3,(H3,15,16,17,18). The number of nitrogens with zero attached hydrogens (tertiary/aromatic N) is 3. The Balaban J connectivity index is 1.92. The van der Waals surface area contributed by atoms with Gasteiger partial charge < -0.3 is 20.7 Å². The lowest BCUT2D eigenvalue weighted by Gasteiger charge is -2.32. The van der Waals surface area contributed by atoms with Crippen LogP contribution in [0.1, 0.15) is 32.3 Å². The van der Waals surface area contributed by atoms with E-state index in [-0.39, 0.29) is 12.1 Å². The zero-order valence-corrected chi connectivity index (χ0v) is 12.6. The molecular weight excluding hydrogens is 270 g/mol. The van der Waals surface area contributed by atoms with Crippen LogP contribution in [-0.2, 0) is 11.2 Å². The van der Waals surface area contributed by atoms with Crippen LogP contribution in [0.5, 0.6) is 0 Å². The Morgan fingerprint density at radius 2 is 2.14 bits per heavy atom. The average Bonchev–Trinajstić information content (AvgIpc) is 2.48. The number of carbonyl (C=O) groups excluding carboxylic acids is 1. The molecule has 21 heavy (non-hydrogen) atoms. The fourth-order valence-corrected chi connectivity index (χ4v) is 2.51. The lowest BCUT2D eigenvalue weighted by Crippen LogP contribution is -2.42. The predicted molar refractivity (Wildman–Crippen MR) is 81.1 cm³/mol. The van der Waals surface area contributed by atoms with Crippen LogP contribution >= 0.6 is 0 Å². The van der Waals surface area contributed by atoms with E-state index >= 15 is 0 Å². The number of carbonyl (C=O) groups is 1. The van der Waals surface area contributed by atoms with Gasteiger partial charge in [-0.2, -0.15) is 0 Å². The number of hydrogen-bond donors (Lipinski definition) is 2. The molecular formula is C14H23N5O2. The van der Waals surface area contributed by atoms with Crippen molar-refractivity contribution in [2.24, 2.45) is 0 Å². The van der Waals surface area contributed by atoms with Gasteiger partial charge in [-0.3, -0.25) is 0 Å². The molecule has 0 radical (unpaired) electrons. The average molecular weight is 293 g/mol. The first-order chi connectivity index (χ1) is 10.2. The number of aromatic nitrogens is 2. The number of anilines is 2. The van der Waals surface area contributed by atoms with Crippen LogP contribution in [0, 0.1) is 0 Å². The molecule has 0 unspecified atom stereocenters. The summed E-state index contributed by atoms with van der Waals surface area (Å²) in [6, 6.07) is 0.287. The highest BCUT2D eigenvalue weighted by atomic mass is 16.6. The molecule has 3 N–H and O–H groups in total. The molecule has 7 heteroatoms. The fraction of sp³-hybridized carbons (Fsp3) is 0.643. The van der Waals surface area contributed by atoms with Gasteiger partial charge in [-0.05, 0) is 26.2 Å². The fourth-order valence-electron chi connectivity index (χ4n) is 2.51. The van der Waals surface area contributed by atoms with Gasteiger partial charge in [0.1, 0.15) is 18.0 Å². The predicted octanol–water partition coefficient (Wildman–Crippen LogP) is 1.65. The maximum absolute atomic E-state index is 11.7. The maximum atomic E-state index is 11.7. The normalized spacial score (nSPS) is 15.8. The van der Waals surface area contributed by atoms with E-state index in [0.29, 0.717) is 25.5 Å². The molecule has 0 bridgehead atoms. The second kappa shape index (κ2) is 7.10. The monoisotopic (exact) mass is 293 g/mol. The van der Waals surface area contributed by atoms with Gasteiger partial charge in [0.15, 0.2) is 0 Å². The highest BCUT2D eigenvalue weighted by molar-refractivity contribution is 5.67. The molecule has 1 aromatic rings. The van der Waals surface area contributed by atoms with E-state index in [1.54, 1.807) is 4.90 Å². The molecule has 0 aromatic carbocycles. The third-order valence-electron chi connectivity index (χ3n) is 3.69. The largest absolute Gasteiger partial charge is 0.450 e. The van der Waals surface area contributed by atoms with E-state index in [2.05, 4.69) is 15.3 Å². The topological polar surface area (TPSA) is 93.4 Å². The first-order valence-corrected chi connectivity index (χ1v) is 7.43. The highest BCUT2D eigenvalue weighted by Gasteiger charge is 2.24. The van der Waals surface area contributed by atoms with Crippen molar-refractivity contribution in [3.05, 3.63) is 11.9 Å². The Hall–Kier alpha value is -2.05. The van der Waals surface area contributed by atoms with E-state index in [1.165, 1.54) is 6.33 Å².